The number of amides is 2. The van der Waals surface area contributed by atoms with E-state index in [1.807, 2.05) is 13.1 Å². The van der Waals surface area contributed by atoms with Crippen molar-refractivity contribution in [1.29, 1.82) is 0 Å². The number of nitrogens with one attached hydrogen (secondary N) is 2. The third-order valence-corrected chi connectivity index (χ3v) is 3.76. The molecule has 0 aliphatic carbocycles. The van der Waals surface area contributed by atoms with E-state index >= 15 is 0 Å². The maximum atomic E-state index is 12.0. The van der Waals surface area contributed by atoms with Crippen molar-refractivity contribution in [3.8, 4) is 0 Å². The first-order valence-corrected chi connectivity index (χ1v) is 7.38. The molecule has 0 radical (unpaired) electrons. The predicted molar refractivity (Wildman–Crippen MR) is 81.5 cm³/mol. The van der Waals surface area contributed by atoms with Crippen molar-refractivity contribution >= 4 is 11.8 Å². The lowest BCUT2D eigenvalue weighted by Crippen LogP contribution is -2.44. The van der Waals surface area contributed by atoms with Gasteiger partial charge in [0.15, 0.2) is 5.82 Å². The Morgan fingerprint density at radius 3 is 2.90 bits per heavy atom. The van der Waals surface area contributed by atoms with Crippen molar-refractivity contribution in [2.75, 3.05) is 39.2 Å². The number of likely N-dealkylation sites (tertiary alicyclic amines) is 1. The Morgan fingerprint density at radius 1 is 1.52 bits per heavy atom. The Hall–Kier alpha value is -1.60. The van der Waals surface area contributed by atoms with E-state index in [-0.39, 0.29) is 18.1 Å². The van der Waals surface area contributed by atoms with Gasteiger partial charge in [-0.25, -0.2) is 4.79 Å². The zero-order valence-corrected chi connectivity index (χ0v) is 13.0. The van der Waals surface area contributed by atoms with Crippen LogP contribution in [0.5, 0.6) is 0 Å². The van der Waals surface area contributed by atoms with Crippen LogP contribution in [0.15, 0.2) is 12.3 Å². The molecule has 118 valence electrons. The summed E-state index contributed by atoms with van der Waals surface area (Å²) in [6.07, 6.45) is 3.82. The van der Waals surface area contributed by atoms with Gasteiger partial charge >= 0.3 is 6.03 Å². The van der Waals surface area contributed by atoms with Crippen LogP contribution in [0, 0.1) is 0 Å². The summed E-state index contributed by atoms with van der Waals surface area (Å²) in [5.41, 5.74) is 0. The molecule has 7 nitrogen and oxygen atoms in total. The van der Waals surface area contributed by atoms with E-state index in [1.54, 1.807) is 17.9 Å². The Bertz CT molecular complexity index is 454. The molecule has 21 heavy (non-hydrogen) atoms. The first kappa shape index (κ1) is 15.8. The van der Waals surface area contributed by atoms with Crippen LogP contribution in [0.4, 0.5) is 10.6 Å². The fourth-order valence-electron chi connectivity index (χ4n) is 2.46. The molecular weight excluding hydrogens is 270 g/mol. The third kappa shape index (κ3) is 4.71. The smallest absolute Gasteiger partial charge is 0.320 e. The molecule has 2 rings (SSSR count). The standard InChI is InChI=1S/C14H25N5O2/c1-11(10-21-3)19-9-6-13(17-19)16-14(20)15-12-4-7-18(2)8-5-12/h6,9,11-12H,4-5,7-8,10H2,1-3H3,(H2,15,16,17,20)/t11-/m0/s1. The van der Waals surface area contributed by atoms with E-state index in [4.69, 9.17) is 4.74 Å². The van der Waals surface area contributed by atoms with E-state index < -0.39 is 0 Å². The van der Waals surface area contributed by atoms with Crippen LogP contribution in [0.25, 0.3) is 0 Å². The van der Waals surface area contributed by atoms with Gasteiger partial charge in [0, 0.05) is 25.4 Å². The highest BCUT2D eigenvalue weighted by Gasteiger charge is 2.18. The largest absolute Gasteiger partial charge is 0.382 e. The fourth-order valence-corrected chi connectivity index (χ4v) is 2.46. The molecule has 1 saturated heterocycles. The average Bonchev–Trinajstić information content (AvgIpc) is 2.90. The van der Waals surface area contributed by atoms with E-state index in [1.165, 1.54) is 0 Å². The topological polar surface area (TPSA) is 71.4 Å². The molecule has 1 aromatic heterocycles. The van der Waals surface area contributed by atoms with Crippen LogP contribution >= 0.6 is 0 Å². The Morgan fingerprint density at radius 2 is 2.24 bits per heavy atom. The van der Waals surface area contributed by atoms with Crippen LogP contribution in [-0.4, -0.2) is 60.6 Å². The number of anilines is 1. The molecule has 2 amide bonds. The van der Waals surface area contributed by atoms with Gasteiger partial charge in [0.05, 0.1) is 12.6 Å². The molecule has 1 fully saturated rings. The van der Waals surface area contributed by atoms with Crippen molar-refractivity contribution < 1.29 is 9.53 Å². The van der Waals surface area contributed by atoms with Crippen LogP contribution in [-0.2, 0) is 4.74 Å². The number of methoxy groups -OCH3 is 1. The number of carbonyl (C=O) groups excluding carboxylic acids is 1. The first-order chi connectivity index (χ1) is 10.1. The quantitative estimate of drug-likeness (QED) is 0.859. The number of hydrogen-bond donors (Lipinski definition) is 2. The summed E-state index contributed by atoms with van der Waals surface area (Å²) >= 11 is 0. The van der Waals surface area contributed by atoms with Gasteiger partial charge in [0.1, 0.15) is 0 Å². The lowest BCUT2D eigenvalue weighted by Gasteiger charge is -2.29. The van der Waals surface area contributed by atoms with Gasteiger partial charge in [-0.2, -0.15) is 5.10 Å². The summed E-state index contributed by atoms with van der Waals surface area (Å²) in [5.74, 6) is 0.559. The first-order valence-electron chi connectivity index (χ1n) is 7.38. The lowest BCUT2D eigenvalue weighted by atomic mass is 10.1. The number of nitrogens with zero attached hydrogens (tertiary/aromatic N) is 3. The molecule has 0 unspecified atom stereocenters. The monoisotopic (exact) mass is 295 g/mol. The van der Waals surface area contributed by atoms with Crippen molar-refractivity contribution in [2.24, 2.45) is 0 Å². The van der Waals surface area contributed by atoms with Crippen LogP contribution in [0.2, 0.25) is 0 Å². The molecule has 2 heterocycles. The normalized spacial score (nSPS) is 18.4. The molecule has 0 aromatic carbocycles. The van der Waals surface area contributed by atoms with Gasteiger partial charge in [-0.1, -0.05) is 0 Å². The van der Waals surface area contributed by atoms with Gasteiger partial charge in [-0.15, -0.1) is 0 Å². The zero-order chi connectivity index (χ0) is 15.2. The number of aromatic nitrogens is 2. The number of ether oxygens (including phenoxy) is 1. The molecule has 0 bridgehead atoms. The predicted octanol–water partition coefficient (Wildman–Crippen LogP) is 1.31. The Balaban J connectivity index is 1.80. The second-order valence-electron chi connectivity index (χ2n) is 5.66. The second kappa shape index (κ2) is 7.42. The minimum absolute atomic E-state index is 0.141. The number of rotatable bonds is 5. The van der Waals surface area contributed by atoms with Crippen molar-refractivity contribution in [1.82, 2.24) is 20.0 Å². The van der Waals surface area contributed by atoms with Gasteiger partial charge < -0.3 is 15.0 Å². The fraction of sp³-hybridized carbons (Fsp3) is 0.714. The molecule has 1 aromatic rings. The summed E-state index contributed by atoms with van der Waals surface area (Å²) in [7, 11) is 3.76. The van der Waals surface area contributed by atoms with E-state index in [9.17, 15) is 4.79 Å². The van der Waals surface area contributed by atoms with Crippen LogP contribution < -0.4 is 10.6 Å². The minimum atomic E-state index is -0.186. The molecular formula is C14H25N5O2. The molecule has 0 saturated carbocycles. The highest BCUT2D eigenvalue weighted by molar-refractivity contribution is 5.88. The highest BCUT2D eigenvalue weighted by Crippen LogP contribution is 2.11. The number of urea groups is 1. The summed E-state index contributed by atoms with van der Waals surface area (Å²) in [6.45, 7) is 4.64. The number of hydrogen-bond acceptors (Lipinski definition) is 4. The highest BCUT2D eigenvalue weighted by atomic mass is 16.5. The average molecular weight is 295 g/mol. The minimum Gasteiger partial charge on any atom is -0.382 e. The van der Waals surface area contributed by atoms with Crippen LogP contribution in [0.1, 0.15) is 25.8 Å². The molecule has 1 atom stereocenters. The second-order valence-corrected chi connectivity index (χ2v) is 5.66. The number of carbonyl (C=O) groups is 1. The maximum absolute atomic E-state index is 12.0. The van der Waals surface area contributed by atoms with E-state index in [2.05, 4.69) is 27.7 Å². The van der Waals surface area contributed by atoms with Gasteiger partial charge in [-0.05, 0) is 39.9 Å². The number of piperidine rings is 1. The van der Waals surface area contributed by atoms with Crippen molar-refractivity contribution in [3.05, 3.63) is 12.3 Å². The molecule has 1 aliphatic heterocycles. The van der Waals surface area contributed by atoms with Crippen molar-refractivity contribution in [2.45, 2.75) is 31.8 Å². The molecule has 0 spiro atoms. The summed E-state index contributed by atoms with van der Waals surface area (Å²) in [6, 6.07) is 1.99. The van der Waals surface area contributed by atoms with Crippen molar-refractivity contribution in [3.63, 3.8) is 0 Å². The Labute approximate surface area is 125 Å². The third-order valence-electron chi connectivity index (χ3n) is 3.76. The summed E-state index contributed by atoms with van der Waals surface area (Å²) in [4.78, 5) is 14.2. The zero-order valence-electron chi connectivity index (χ0n) is 13.0. The summed E-state index contributed by atoms with van der Waals surface area (Å²) < 4.78 is 6.88. The van der Waals surface area contributed by atoms with Gasteiger partial charge in [-0.3, -0.25) is 10.00 Å². The van der Waals surface area contributed by atoms with E-state index in [0.717, 1.165) is 25.9 Å². The van der Waals surface area contributed by atoms with Crippen LogP contribution in [0.3, 0.4) is 0 Å². The van der Waals surface area contributed by atoms with Gasteiger partial charge in [0.2, 0.25) is 0 Å². The maximum Gasteiger partial charge on any atom is 0.320 e. The summed E-state index contributed by atoms with van der Waals surface area (Å²) in [5, 5.41) is 10.1. The molecule has 1 aliphatic rings. The van der Waals surface area contributed by atoms with E-state index in [0.29, 0.717) is 12.4 Å². The van der Waals surface area contributed by atoms with Gasteiger partial charge in [0.25, 0.3) is 0 Å². The SMILES string of the molecule is COC[C@H](C)n1ccc(NC(=O)NC2CCN(C)CC2)n1. The molecule has 2 N–H and O–H groups in total. The molecule has 7 heteroatoms. The Kier molecular flexibility index (Phi) is 5.58. The lowest BCUT2D eigenvalue weighted by molar-refractivity contribution is 0.157.